The summed E-state index contributed by atoms with van der Waals surface area (Å²) in [5, 5.41) is 0. The summed E-state index contributed by atoms with van der Waals surface area (Å²) < 4.78 is 10.9. The number of Topliss-reactive ketones (excluding diaryl/α,β-unsaturated/α-hetero) is 1. The quantitative estimate of drug-likeness (QED) is 0.326. The van der Waals surface area contributed by atoms with E-state index in [-0.39, 0.29) is 5.78 Å². The van der Waals surface area contributed by atoms with Gasteiger partial charge in [0.2, 0.25) is 0 Å². The molecule has 3 aromatic rings. The lowest BCUT2D eigenvalue weighted by atomic mass is 10.0. The van der Waals surface area contributed by atoms with Gasteiger partial charge in [-0.25, -0.2) is 4.79 Å². The van der Waals surface area contributed by atoms with Crippen LogP contribution in [-0.2, 0) is 6.42 Å². The molecule has 4 heteroatoms. The number of carbonyl (C=O) groups excluding carboxylic acids is 2. The van der Waals surface area contributed by atoms with Gasteiger partial charge >= 0.3 is 5.97 Å². The third-order valence-corrected chi connectivity index (χ3v) is 4.84. The van der Waals surface area contributed by atoms with E-state index in [4.69, 9.17) is 9.47 Å². The molecule has 0 aliphatic rings. The second-order valence-corrected chi connectivity index (χ2v) is 7.10. The molecule has 0 unspecified atom stereocenters. The van der Waals surface area contributed by atoms with Gasteiger partial charge in [-0.3, -0.25) is 4.79 Å². The van der Waals surface area contributed by atoms with Crippen LogP contribution in [0.3, 0.4) is 0 Å². The summed E-state index contributed by atoms with van der Waals surface area (Å²) in [6, 6.07) is 18.4. The van der Waals surface area contributed by atoms with Crippen LogP contribution in [0.1, 0.15) is 49.9 Å². The lowest BCUT2D eigenvalue weighted by Crippen LogP contribution is -2.09. The zero-order chi connectivity index (χ0) is 21.0. The number of ether oxygens (including phenoxy) is 2. The zero-order valence-corrected chi connectivity index (χ0v) is 17.1. The number of hydrogen-bond acceptors (Lipinski definition) is 4. The Morgan fingerprint density at radius 3 is 1.76 bits per heavy atom. The van der Waals surface area contributed by atoms with Gasteiger partial charge in [0.15, 0.2) is 5.78 Å². The van der Waals surface area contributed by atoms with Crippen LogP contribution in [0.25, 0.3) is 0 Å². The number of esters is 1. The van der Waals surface area contributed by atoms with Gasteiger partial charge in [-0.05, 0) is 73.7 Å². The minimum atomic E-state index is -0.443. The smallest absolute Gasteiger partial charge is 0.343 e. The Balaban J connectivity index is 1.71. The molecule has 0 bridgehead atoms. The van der Waals surface area contributed by atoms with Gasteiger partial charge in [0.1, 0.15) is 11.5 Å². The number of methoxy groups -OCH3 is 1. The molecule has 3 aromatic carbocycles. The fourth-order valence-corrected chi connectivity index (χ4v) is 3.22. The fourth-order valence-electron chi connectivity index (χ4n) is 3.22. The molecule has 0 saturated heterocycles. The summed E-state index contributed by atoms with van der Waals surface area (Å²) in [6.45, 7) is 5.44. The lowest BCUT2D eigenvalue weighted by Gasteiger charge is -2.11. The van der Waals surface area contributed by atoms with Gasteiger partial charge in [-0.15, -0.1) is 0 Å². The largest absolute Gasteiger partial charge is 0.496 e. The van der Waals surface area contributed by atoms with E-state index in [0.29, 0.717) is 16.9 Å². The molecule has 0 N–H and O–H groups in total. The second-order valence-electron chi connectivity index (χ2n) is 7.10. The SMILES string of the molecule is COc1ccc(Cc2ccc(OC(=O)c3ccc(C(C)=O)cc3)c(C)c2)cc1C. The maximum Gasteiger partial charge on any atom is 0.343 e. The van der Waals surface area contributed by atoms with E-state index in [1.165, 1.54) is 12.5 Å². The van der Waals surface area contributed by atoms with Crippen molar-refractivity contribution in [1.29, 1.82) is 0 Å². The van der Waals surface area contributed by atoms with E-state index in [1.807, 2.05) is 38.1 Å². The first kappa shape index (κ1) is 20.3. The average molecular weight is 388 g/mol. The third-order valence-electron chi connectivity index (χ3n) is 4.84. The molecule has 0 aliphatic carbocycles. The second kappa shape index (κ2) is 8.74. The highest BCUT2D eigenvalue weighted by Gasteiger charge is 2.12. The van der Waals surface area contributed by atoms with Gasteiger partial charge < -0.3 is 9.47 Å². The van der Waals surface area contributed by atoms with Crippen LogP contribution in [0.4, 0.5) is 0 Å². The number of ketones is 1. The Morgan fingerprint density at radius 2 is 1.28 bits per heavy atom. The standard InChI is InChI=1S/C25H24O4/c1-16-13-19(5-11-23(16)28-4)15-20-6-12-24(17(2)14-20)29-25(27)22-9-7-21(8-10-22)18(3)26/h5-14H,15H2,1-4H3. The Hall–Kier alpha value is -3.40. The predicted molar refractivity (Wildman–Crippen MR) is 113 cm³/mol. The number of rotatable bonds is 6. The Bertz CT molecular complexity index is 1050. The lowest BCUT2D eigenvalue weighted by molar-refractivity contribution is 0.0733. The van der Waals surface area contributed by atoms with Crippen molar-refractivity contribution < 1.29 is 19.1 Å². The first-order valence-corrected chi connectivity index (χ1v) is 9.43. The monoisotopic (exact) mass is 388 g/mol. The van der Waals surface area contributed by atoms with E-state index in [9.17, 15) is 9.59 Å². The highest BCUT2D eigenvalue weighted by Crippen LogP contribution is 2.24. The van der Waals surface area contributed by atoms with Crippen LogP contribution in [0.5, 0.6) is 11.5 Å². The molecule has 0 saturated carbocycles. The van der Waals surface area contributed by atoms with Crippen molar-refractivity contribution >= 4 is 11.8 Å². The molecule has 148 valence electrons. The Morgan fingerprint density at radius 1 is 0.759 bits per heavy atom. The molecule has 0 heterocycles. The fraction of sp³-hybridized carbons (Fsp3) is 0.200. The molecule has 29 heavy (non-hydrogen) atoms. The molecule has 0 atom stereocenters. The van der Waals surface area contributed by atoms with Crippen molar-refractivity contribution in [3.05, 3.63) is 94.0 Å². The molecular weight excluding hydrogens is 364 g/mol. The van der Waals surface area contributed by atoms with E-state index in [2.05, 4.69) is 12.1 Å². The van der Waals surface area contributed by atoms with Crippen LogP contribution in [0.15, 0.2) is 60.7 Å². The van der Waals surface area contributed by atoms with E-state index in [1.54, 1.807) is 31.4 Å². The minimum absolute atomic E-state index is 0.0385. The van der Waals surface area contributed by atoms with Gasteiger partial charge in [0, 0.05) is 5.56 Å². The molecular formula is C25H24O4. The summed E-state index contributed by atoms with van der Waals surface area (Å²) >= 11 is 0. The number of carbonyl (C=O) groups is 2. The Labute approximate surface area is 171 Å². The summed E-state index contributed by atoms with van der Waals surface area (Å²) in [6.07, 6.45) is 0.784. The minimum Gasteiger partial charge on any atom is -0.496 e. The van der Waals surface area contributed by atoms with Crippen LogP contribution in [0, 0.1) is 13.8 Å². The molecule has 0 amide bonds. The van der Waals surface area contributed by atoms with Gasteiger partial charge in [-0.2, -0.15) is 0 Å². The number of hydrogen-bond donors (Lipinski definition) is 0. The van der Waals surface area contributed by atoms with Crippen LogP contribution in [-0.4, -0.2) is 18.9 Å². The summed E-state index contributed by atoms with van der Waals surface area (Å²) in [5.41, 5.74) is 5.29. The summed E-state index contributed by atoms with van der Waals surface area (Å²) in [7, 11) is 1.67. The van der Waals surface area contributed by atoms with Gasteiger partial charge in [-0.1, -0.05) is 36.4 Å². The van der Waals surface area contributed by atoms with Crippen LogP contribution < -0.4 is 9.47 Å². The maximum atomic E-state index is 12.4. The van der Waals surface area contributed by atoms with Crippen molar-refractivity contribution in [2.45, 2.75) is 27.2 Å². The molecule has 0 aliphatic heterocycles. The molecule has 0 spiro atoms. The third kappa shape index (κ3) is 4.91. The number of aryl methyl sites for hydroxylation is 2. The first-order valence-electron chi connectivity index (χ1n) is 9.43. The Kier molecular flexibility index (Phi) is 6.13. The van der Waals surface area contributed by atoms with Crippen molar-refractivity contribution in [2.75, 3.05) is 7.11 Å². The van der Waals surface area contributed by atoms with Crippen molar-refractivity contribution in [3.63, 3.8) is 0 Å². The number of benzene rings is 3. The van der Waals surface area contributed by atoms with Crippen molar-refractivity contribution in [2.24, 2.45) is 0 Å². The highest BCUT2D eigenvalue weighted by molar-refractivity contribution is 5.96. The average Bonchev–Trinajstić information content (AvgIpc) is 2.70. The van der Waals surface area contributed by atoms with E-state index < -0.39 is 5.97 Å². The molecule has 3 rings (SSSR count). The normalized spacial score (nSPS) is 10.5. The summed E-state index contributed by atoms with van der Waals surface area (Å²) in [5.74, 6) is 0.925. The first-order chi connectivity index (χ1) is 13.9. The van der Waals surface area contributed by atoms with Crippen molar-refractivity contribution in [3.8, 4) is 11.5 Å². The van der Waals surface area contributed by atoms with Crippen LogP contribution >= 0.6 is 0 Å². The van der Waals surface area contributed by atoms with E-state index in [0.717, 1.165) is 28.9 Å². The highest BCUT2D eigenvalue weighted by atomic mass is 16.5. The molecule has 0 aromatic heterocycles. The molecule has 0 fully saturated rings. The van der Waals surface area contributed by atoms with Gasteiger partial charge in [0.05, 0.1) is 12.7 Å². The van der Waals surface area contributed by atoms with Gasteiger partial charge in [0.25, 0.3) is 0 Å². The molecule has 0 radical (unpaired) electrons. The molecule has 4 nitrogen and oxygen atoms in total. The maximum absolute atomic E-state index is 12.4. The zero-order valence-electron chi connectivity index (χ0n) is 17.1. The van der Waals surface area contributed by atoms with Crippen molar-refractivity contribution in [1.82, 2.24) is 0 Å². The topological polar surface area (TPSA) is 52.6 Å². The van der Waals surface area contributed by atoms with E-state index >= 15 is 0 Å². The predicted octanol–water partition coefficient (Wildman–Crippen LogP) is 5.32. The summed E-state index contributed by atoms with van der Waals surface area (Å²) in [4.78, 5) is 23.8. The van der Waals surface area contributed by atoms with Crippen LogP contribution in [0.2, 0.25) is 0 Å².